The van der Waals surface area contributed by atoms with Crippen LogP contribution < -0.4 is 4.74 Å². The molecule has 0 bridgehead atoms. The van der Waals surface area contributed by atoms with Crippen molar-refractivity contribution in [2.45, 2.75) is 0 Å². The van der Waals surface area contributed by atoms with Crippen LogP contribution in [0.25, 0.3) is 0 Å². The molecule has 17 heavy (non-hydrogen) atoms. The third-order valence-electron chi connectivity index (χ3n) is 2.09. The predicted octanol–water partition coefficient (Wildman–Crippen LogP) is 3.53. The molecule has 0 atom stereocenters. The lowest BCUT2D eigenvalue weighted by atomic mass is 10.3. The van der Waals surface area contributed by atoms with Crippen LogP contribution in [0.5, 0.6) is 11.5 Å². The lowest BCUT2D eigenvalue weighted by Gasteiger charge is -2.05. The van der Waals surface area contributed by atoms with E-state index in [1.165, 1.54) is 6.07 Å². The molecular weight excluding hydrogens is 225 g/mol. The second-order valence-corrected chi connectivity index (χ2v) is 3.29. The van der Waals surface area contributed by atoms with Crippen molar-refractivity contribution < 1.29 is 14.1 Å². The van der Waals surface area contributed by atoms with Crippen LogP contribution in [-0.2, 0) is 0 Å². The summed E-state index contributed by atoms with van der Waals surface area (Å²) in [5.74, 6) is -0.150. The molecule has 86 valence electrons. The van der Waals surface area contributed by atoms with Crippen LogP contribution in [0.15, 0.2) is 48.5 Å². The highest BCUT2D eigenvalue weighted by Crippen LogP contribution is 2.26. The number of nitro benzene ring substituents is 1. The van der Waals surface area contributed by atoms with Gasteiger partial charge in [-0.25, -0.2) is 0 Å². The van der Waals surface area contributed by atoms with Crippen molar-refractivity contribution in [1.29, 1.82) is 0 Å². The molecule has 0 N–H and O–H groups in total. The predicted molar refractivity (Wildman–Crippen MR) is 59.6 cm³/mol. The van der Waals surface area contributed by atoms with Crippen molar-refractivity contribution >= 4 is 5.69 Å². The molecule has 0 heterocycles. The van der Waals surface area contributed by atoms with Gasteiger partial charge in [-0.15, -0.1) is 0 Å². The van der Waals surface area contributed by atoms with E-state index in [4.69, 9.17) is 4.74 Å². The van der Waals surface area contributed by atoms with Gasteiger partial charge in [0.15, 0.2) is 0 Å². The third-order valence-corrected chi connectivity index (χ3v) is 2.09. The topological polar surface area (TPSA) is 52.4 Å². The number of nitro groups is 1. The van der Waals surface area contributed by atoms with Crippen LogP contribution in [0.1, 0.15) is 0 Å². The van der Waals surface area contributed by atoms with Gasteiger partial charge in [-0.05, 0) is 18.2 Å². The Bertz CT molecular complexity index is 543. The van der Waals surface area contributed by atoms with Crippen molar-refractivity contribution in [3.05, 3.63) is 64.5 Å². The first-order chi connectivity index (χ1) is 8.16. The molecule has 0 unspecified atom stereocenters. The van der Waals surface area contributed by atoms with Gasteiger partial charge in [0, 0.05) is 12.1 Å². The van der Waals surface area contributed by atoms with Gasteiger partial charge in [0.25, 0.3) is 0 Å². The summed E-state index contributed by atoms with van der Waals surface area (Å²) in [6.07, 6.45) is 0. The van der Waals surface area contributed by atoms with Gasteiger partial charge in [-0.2, -0.15) is 4.39 Å². The van der Waals surface area contributed by atoms with E-state index < -0.39 is 16.4 Å². The summed E-state index contributed by atoms with van der Waals surface area (Å²) in [7, 11) is 0. The molecule has 2 aromatic rings. The number of ether oxygens (including phenoxy) is 1. The molecular formula is C12H8FNO3. The molecule has 0 fully saturated rings. The van der Waals surface area contributed by atoms with Crippen LogP contribution in [0, 0.1) is 15.9 Å². The molecule has 0 aliphatic rings. The fourth-order valence-corrected chi connectivity index (χ4v) is 1.32. The van der Waals surface area contributed by atoms with E-state index >= 15 is 0 Å². The van der Waals surface area contributed by atoms with Gasteiger partial charge < -0.3 is 4.74 Å². The van der Waals surface area contributed by atoms with Gasteiger partial charge in [0.1, 0.15) is 11.5 Å². The summed E-state index contributed by atoms with van der Waals surface area (Å²) in [4.78, 5) is 9.64. The molecule has 2 rings (SSSR count). The van der Waals surface area contributed by atoms with E-state index in [9.17, 15) is 14.5 Å². The highest BCUT2D eigenvalue weighted by atomic mass is 19.1. The SMILES string of the molecule is O=[N+]([O-])c1ccc(Oc2ccccc2)cc1F. The van der Waals surface area contributed by atoms with Gasteiger partial charge in [-0.3, -0.25) is 10.1 Å². The number of benzene rings is 2. The van der Waals surface area contributed by atoms with E-state index in [1.807, 2.05) is 6.07 Å². The Morgan fingerprint density at radius 1 is 1.06 bits per heavy atom. The average Bonchev–Trinajstić information content (AvgIpc) is 2.30. The molecule has 5 heteroatoms. The maximum Gasteiger partial charge on any atom is 0.305 e. The molecule has 4 nitrogen and oxygen atoms in total. The lowest BCUT2D eigenvalue weighted by Crippen LogP contribution is -1.93. The van der Waals surface area contributed by atoms with Crippen molar-refractivity contribution in [2.75, 3.05) is 0 Å². The Morgan fingerprint density at radius 3 is 2.35 bits per heavy atom. The van der Waals surface area contributed by atoms with Gasteiger partial charge in [0.05, 0.1) is 4.92 Å². The maximum atomic E-state index is 13.3. The van der Waals surface area contributed by atoms with Crippen LogP contribution >= 0.6 is 0 Å². The second kappa shape index (κ2) is 4.61. The van der Waals surface area contributed by atoms with Crippen molar-refractivity contribution in [3.63, 3.8) is 0 Å². The van der Waals surface area contributed by atoms with E-state index in [1.54, 1.807) is 24.3 Å². The Hall–Kier alpha value is -2.43. The molecule has 0 aliphatic carbocycles. The standard InChI is InChI=1S/C12H8FNO3/c13-11-8-10(6-7-12(11)14(15)16)17-9-4-2-1-3-5-9/h1-8H. The van der Waals surface area contributed by atoms with Gasteiger partial charge in [0.2, 0.25) is 5.82 Å². The number of hydrogen-bond acceptors (Lipinski definition) is 3. The third kappa shape index (κ3) is 2.57. The highest BCUT2D eigenvalue weighted by Gasteiger charge is 2.14. The first kappa shape index (κ1) is 11.1. The number of rotatable bonds is 3. The molecule has 2 aromatic carbocycles. The smallest absolute Gasteiger partial charge is 0.305 e. The highest BCUT2D eigenvalue weighted by molar-refractivity contribution is 5.40. The Balaban J connectivity index is 2.24. The van der Waals surface area contributed by atoms with E-state index in [0.717, 1.165) is 12.1 Å². The number of hydrogen-bond donors (Lipinski definition) is 0. The summed E-state index contributed by atoms with van der Waals surface area (Å²) in [5, 5.41) is 10.4. The Labute approximate surface area is 96.4 Å². The molecule has 0 radical (unpaired) electrons. The van der Waals surface area contributed by atoms with Crippen LogP contribution in [0.2, 0.25) is 0 Å². The zero-order chi connectivity index (χ0) is 12.3. The minimum Gasteiger partial charge on any atom is -0.457 e. The minimum absolute atomic E-state index is 0.222. The molecule has 0 spiro atoms. The Morgan fingerprint density at radius 2 is 1.76 bits per heavy atom. The van der Waals surface area contributed by atoms with E-state index in [0.29, 0.717) is 5.75 Å². The average molecular weight is 233 g/mol. The fourth-order valence-electron chi connectivity index (χ4n) is 1.32. The normalized spacial score (nSPS) is 9.94. The van der Waals surface area contributed by atoms with Crippen LogP contribution in [0.4, 0.5) is 10.1 Å². The molecule has 0 aliphatic heterocycles. The molecule has 0 amide bonds. The van der Waals surface area contributed by atoms with Crippen molar-refractivity contribution in [2.24, 2.45) is 0 Å². The number of nitrogens with zero attached hydrogens (tertiary/aromatic N) is 1. The van der Waals surface area contributed by atoms with Crippen LogP contribution in [0.3, 0.4) is 0 Å². The number of halogens is 1. The van der Waals surface area contributed by atoms with E-state index in [-0.39, 0.29) is 5.75 Å². The Kier molecular flexibility index (Phi) is 3.00. The lowest BCUT2D eigenvalue weighted by molar-refractivity contribution is -0.387. The van der Waals surface area contributed by atoms with Crippen molar-refractivity contribution in [3.8, 4) is 11.5 Å². The largest absolute Gasteiger partial charge is 0.457 e. The zero-order valence-corrected chi connectivity index (χ0v) is 8.67. The molecule has 0 saturated carbocycles. The summed E-state index contributed by atoms with van der Waals surface area (Å²) >= 11 is 0. The maximum absolute atomic E-state index is 13.3. The first-order valence-corrected chi connectivity index (χ1v) is 4.83. The fraction of sp³-hybridized carbons (Fsp3) is 0. The summed E-state index contributed by atoms with van der Waals surface area (Å²) in [6, 6.07) is 12.2. The summed E-state index contributed by atoms with van der Waals surface area (Å²) in [6.45, 7) is 0. The number of para-hydroxylation sites is 1. The summed E-state index contributed by atoms with van der Waals surface area (Å²) in [5.41, 5.74) is -0.564. The zero-order valence-electron chi connectivity index (χ0n) is 8.67. The molecule has 0 aromatic heterocycles. The monoisotopic (exact) mass is 233 g/mol. The first-order valence-electron chi connectivity index (χ1n) is 4.83. The minimum atomic E-state index is -0.913. The summed E-state index contributed by atoms with van der Waals surface area (Å²) < 4.78 is 18.6. The van der Waals surface area contributed by atoms with Gasteiger partial charge >= 0.3 is 5.69 Å². The van der Waals surface area contributed by atoms with Crippen LogP contribution in [-0.4, -0.2) is 4.92 Å². The van der Waals surface area contributed by atoms with E-state index in [2.05, 4.69) is 0 Å². The van der Waals surface area contributed by atoms with Crippen molar-refractivity contribution in [1.82, 2.24) is 0 Å². The molecule has 0 saturated heterocycles. The van der Waals surface area contributed by atoms with Gasteiger partial charge in [-0.1, -0.05) is 18.2 Å². The quantitative estimate of drug-likeness (QED) is 0.602. The second-order valence-electron chi connectivity index (χ2n) is 3.29.